The highest BCUT2D eigenvalue weighted by Crippen LogP contribution is 2.24. The van der Waals surface area contributed by atoms with Crippen molar-refractivity contribution in [2.24, 2.45) is 0 Å². The van der Waals surface area contributed by atoms with E-state index in [4.69, 9.17) is 4.74 Å². The molecule has 0 saturated heterocycles. The molecule has 0 N–H and O–H groups in total. The minimum atomic E-state index is 0.389. The number of aryl methyl sites for hydroxylation is 3. The lowest BCUT2D eigenvalue weighted by Gasteiger charge is -2.20. The summed E-state index contributed by atoms with van der Waals surface area (Å²) < 4.78 is 5.59. The zero-order valence-corrected chi connectivity index (χ0v) is 11.3. The largest absolute Gasteiger partial charge is 0.498 e. The fraction of sp³-hybridized carbons (Fsp3) is 0.500. The standard InChI is InChI=1S/C16H22O/c1-11-7-13(3)16(8-12(11)2)9-15-6-5-14(4)17-10-15/h7-8,10,14H,5-6,9H2,1-4H3. The summed E-state index contributed by atoms with van der Waals surface area (Å²) >= 11 is 0. The van der Waals surface area contributed by atoms with Crippen LogP contribution in [0.1, 0.15) is 42.0 Å². The van der Waals surface area contributed by atoms with Gasteiger partial charge in [-0.3, -0.25) is 0 Å². The molecule has 1 aliphatic rings. The van der Waals surface area contributed by atoms with E-state index >= 15 is 0 Å². The molecule has 1 aromatic carbocycles. The topological polar surface area (TPSA) is 9.23 Å². The van der Waals surface area contributed by atoms with Crippen molar-refractivity contribution in [1.29, 1.82) is 0 Å². The van der Waals surface area contributed by atoms with Crippen molar-refractivity contribution in [3.8, 4) is 0 Å². The van der Waals surface area contributed by atoms with E-state index in [1.807, 2.05) is 6.26 Å². The smallest absolute Gasteiger partial charge is 0.0953 e. The van der Waals surface area contributed by atoms with Crippen LogP contribution in [0.2, 0.25) is 0 Å². The Kier molecular flexibility index (Phi) is 3.56. The van der Waals surface area contributed by atoms with Gasteiger partial charge in [-0.05, 0) is 74.8 Å². The molecule has 0 aliphatic carbocycles. The summed E-state index contributed by atoms with van der Waals surface area (Å²) in [5.74, 6) is 0. The van der Waals surface area contributed by atoms with Crippen LogP contribution in [0.3, 0.4) is 0 Å². The van der Waals surface area contributed by atoms with Crippen LogP contribution in [-0.4, -0.2) is 6.10 Å². The molecule has 1 heteroatoms. The van der Waals surface area contributed by atoms with E-state index in [2.05, 4.69) is 39.8 Å². The predicted molar refractivity (Wildman–Crippen MR) is 72.2 cm³/mol. The maximum atomic E-state index is 5.59. The molecule has 0 saturated carbocycles. The van der Waals surface area contributed by atoms with E-state index in [0.717, 1.165) is 12.8 Å². The van der Waals surface area contributed by atoms with Gasteiger partial charge in [0.05, 0.1) is 12.4 Å². The Bertz CT molecular complexity index is 443. The summed E-state index contributed by atoms with van der Waals surface area (Å²) in [6, 6.07) is 4.61. The summed E-state index contributed by atoms with van der Waals surface area (Å²) in [4.78, 5) is 0. The Labute approximate surface area is 104 Å². The number of allylic oxidation sites excluding steroid dienone is 1. The van der Waals surface area contributed by atoms with Crippen molar-refractivity contribution in [3.05, 3.63) is 46.2 Å². The van der Waals surface area contributed by atoms with E-state index in [1.54, 1.807) is 0 Å². The van der Waals surface area contributed by atoms with Crippen LogP contribution in [-0.2, 0) is 11.2 Å². The lowest BCUT2D eigenvalue weighted by Crippen LogP contribution is -2.11. The molecule has 17 heavy (non-hydrogen) atoms. The lowest BCUT2D eigenvalue weighted by atomic mass is 9.93. The number of hydrogen-bond acceptors (Lipinski definition) is 1. The number of rotatable bonds is 2. The second kappa shape index (κ2) is 4.95. The SMILES string of the molecule is Cc1cc(C)c(CC2=COC(C)CC2)cc1C. The Hall–Kier alpha value is -1.24. The van der Waals surface area contributed by atoms with Crippen LogP contribution in [0.25, 0.3) is 0 Å². The van der Waals surface area contributed by atoms with Gasteiger partial charge in [-0.15, -0.1) is 0 Å². The molecular formula is C16H22O. The van der Waals surface area contributed by atoms with E-state index < -0.39 is 0 Å². The van der Waals surface area contributed by atoms with Gasteiger partial charge in [0.2, 0.25) is 0 Å². The van der Waals surface area contributed by atoms with Crippen LogP contribution in [0.5, 0.6) is 0 Å². The molecule has 1 heterocycles. The third-order valence-corrected chi connectivity index (χ3v) is 3.71. The molecule has 0 radical (unpaired) electrons. The first-order valence-corrected chi connectivity index (χ1v) is 6.46. The molecule has 1 unspecified atom stereocenters. The van der Waals surface area contributed by atoms with E-state index in [-0.39, 0.29) is 0 Å². The van der Waals surface area contributed by atoms with Crippen molar-refractivity contribution in [1.82, 2.24) is 0 Å². The third kappa shape index (κ3) is 2.91. The van der Waals surface area contributed by atoms with E-state index in [0.29, 0.717) is 6.10 Å². The van der Waals surface area contributed by atoms with Crippen molar-refractivity contribution < 1.29 is 4.74 Å². The number of benzene rings is 1. The van der Waals surface area contributed by atoms with Gasteiger partial charge in [0.25, 0.3) is 0 Å². The highest BCUT2D eigenvalue weighted by molar-refractivity contribution is 5.38. The molecule has 1 aliphatic heterocycles. The maximum Gasteiger partial charge on any atom is 0.0953 e. The summed E-state index contributed by atoms with van der Waals surface area (Å²) in [5, 5.41) is 0. The summed E-state index contributed by atoms with van der Waals surface area (Å²) in [5.41, 5.74) is 7.03. The number of hydrogen-bond donors (Lipinski definition) is 0. The predicted octanol–water partition coefficient (Wildman–Crippen LogP) is 4.24. The molecule has 0 aromatic heterocycles. The Balaban J connectivity index is 2.16. The molecule has 0 spiro atoms. The van der Waals surface area contributed by atoms with Gasteiger partial charge in [-0.1, -0.05) is 12.1 Å². The average molecular weight is 230 g/mol. The van der Waals surface area contributed by atoms with Gasteiger partial charge in [-0.25, -0.2) is 0 Å². The zero-order valence-electron chi connectivity index (χ0n) is 11.3. The van der Waals surface area contributed by atoms with Crippen LogP contribution in [0, 0.1) is 20.8 Å². The second-order valence-electron chi connectivity index (χ2n) is 5.30. The van der Waals surface area contributed by atoms with Crippen molar-refractivity contribution in [2.75, 3.05) is 0 Å². The molecule has 92 valence electrons. The molecular weight excluding hydrogens is 208 g/mol. The lowest BCUT2D eigenvalue weighted by molar-refractivity contribution is 0.135. The van der Waals surface area contributed by atoms with Crippen molar-refractivity contribution in [2.45, 2.75) is 53.1 Å². The zero-order chi connectivity index (χ0) is 12.4. The van der Waals surface area contributed by atoms with Gasteiger partial charge in [0.15, 0.2) is 0 Å². The first-order chi connectivity index (χ1) is 8.06. The van der Waals surface area contributed by atoms with Crippen LogP contribution in [0.4, 0.5) is 0 Å². The van der Waals surface area contributed by atoms with Gasteiger partial charge in [0, 0.05) is 0 Å². The fourth-order valence-electron chi connectivity index (χ4n) is 2.31. The summed E-state index contributed by atoms with van der Waals surface area (Å²) in [6.45, 7) is 8.70. The molecule has 0 bridgehead atoms. The quantitative estimate of drug-likeness (QED) is 0.738. The van der Waals surface area contributed by atoms with Gasteiger partial charge < -0.3 is 4.74 Å². The Morgan fingerprint density at radius 1 is 1.12 bits per heavy atom. The normalized spacial score (nSPS) is 19.8. The van der Waals surface area contributed by atoms with Crippen LogP contribution in [0.15, 0.2) is 24.0 Å². The maximum absolute atomic E-state index is 5.59. The molecule has 1 nitrogen and oxygen atoms in total. The second-order valence-corrected chi connectivity index (χ2v) is 5.30. The minimum absolute atomic E-state index is 0.389. The van der Waals surface area contributed by atoms with Gasteiger partial charge in [0.1, 0.15) is 0 Å². The molecule has 1 aromatic rings. The highest BCUT2D eigenvalue weighted by atomic mass is 16.5. The average Bonchev–Trinajstić information content (AvgIpc) is 2.29. The molecule has 0 fully saturated rings. The summed E-state index contributed by atoms with van der Waals surface area (Å²) in [6.07, 6.45) is 5.73. The van der Waals surface area contributed by atoms with Gasteiger partial charge in [-0.2, -0.15) is 0 Å². The minimum Gasteiger partial charge on any atom is -0.498 e. The van der Waals surface area contributed by atoms with Crippen molar-refractivity contribution >= 4 is 0 Å². The fourth-order valence-corrected chi connectivity index (χ4v) is 2.31. The third-order valence-electron chi connectivity index (χ3n) is 3.71. The van der Waals surface area contributed by atoms with E-state index in [1.165, 1.54) is 34.2 Å². The monoisotopic (exact) mass is 230 g/mol. The van der Waals surface area contributed by atoms with Gasteiger partial charge >= 0.3 is 0 Å². The van der Waals surface area contributed by atoms with Crippen LogP contribution >= 0.6 is 0 Å². The highest BCUT2D eigenvalue weighted by Gasteiger charge is 2.12. The van der Waals surface area contributed by atoms with Crippen LogP contribution < -0.4 is 0 Å². The molecule has 1 atom stereocenters. The number of ether oxygens (including phenoxy) is 1. The first kappa shape index (κ1) is 12.2. The molecule has 2 rings (SSSR count). The Morgan fingerprint density at radius 2 is 1.82 bits per heavy atom. The Morgan fingerprint density at radius 3 is 2.47 bits per heavy atom. The first-order valence-electron chi connectivity index (χ1n) is 6.46. The molecule has 0 amide bonds. The van der Waals surface area contributed by atoms with Crippen molar-refractivity contribution in [3.63, 3.8) is 0 Å². The summed E-state index contributed by atoms with van der Waals surface area (Å²) in [7, 11) is 0. The van der Waals surface area contributed by atoms with E-state index in [9.17, 15) is 0 Å².